The van der Waals surface area contributed by atoms with Crippen molar-refractivity contribution in [1.29, 1.82) is 0 Å². The third kappa shape index (κ3) is 30.3. The van der Waals surface area contributed by atoms with E-state index in [4.69, 9.17) is 18.9 Å². The summed E-state index contributed by atoms with van der Waals surface area (Å²) in [7, 11) is -24.5. The van der Waals surface area contributed by atoms with Crippen molar-refractivity contribution in [2.75, 3.05) is 39.6 Å². The molecule has 131 heavy (non-hydrogen) atoms. The first-order valence-corrected chi connectivity index (χ1v) is 47.9. The van der Waals surface area contributed by atoms with Gasteiger partial charge in [0.05, 0.1) is 72.9 Å². The zero-order valence-electron chi connectivity index (χ0n) is 71.8. The van der Waals surface area contributed by atoms with Crippen molar-refractivity contribution in [1.82, 2.24) is 0 Å². The maximum absolute atomic E-state index is 13.4. The summed E-state index contributed by atoms with van der Waals surface area (Å²) in [4.78, 5) is 68.6. The molecule has 0 amide bonds. The largest absolute Gasteiger partial charge is 0.743 e. The maximum atomic E-state index is 13.4. The first-order valence-electron chi connectivity index (χ1n) is 42.3. The van der Waals surface area contributed by atoms with Crippen molar-refractivity contribution >= 4 is 97.8 Å². The molecule has 30 nitrogen and oxygen atoms in total. The van der Waals surface area contributed by atoms with Gasteiger partial charge in [-0.05, 0) is 142 Å². The second kappa shape index (κ2) is 46.4. The van der Waals surface area contributed by atoms with Gasteiger partial charge in [-0.1, -0.05) is 136 Å². The van der Waals surface area contributed by atoms with Crippen LogP contribution in [-0.4, -0.2) is 240 Å². The number of allylic oxidation sites excluding steroid dienone is 8. The minimum atomic E-state index is -6.19. The zero-order valence-corrected chi connectivity index (χ0v) is 75.1. The van der Waals surface area contributed by atoms with E-state index in [2.05, 4.69) is 116 Å². The molecule has 3 aromatic carbocycles. The molecule has 2 aliphatic heterocycles. The molecular formula is C85H108F12O30S4-4. The predicted octanol–water partition coefficient (Wildman–Crippen LogP) is 12.1. The van der Waals surface area contributed by atoms with E-state index in [9.17, 15) is 154 Å². The van der Waals surface area contributed by atoms with Gasteiger partial charge in [0.2, 0.25) is 0 Å². The molecule has 14 rings (SSSR count). The molecule has 4 N–H and O–H groups in total. The molecular weight excluding hydrogens is 1860 g/mol. The van der Waals surface area contributed by atoms with Crippen LogP contribution >= 0.6 is 0 Å². The summed E-state index contributed by atoms with van der Waals surface area (Å²) in [6, 6.07) is 21.4. The van der Waals surface area contributed by atoms with Gasteiger partial charge >= 0.3 is 56.8 Å². The number of alkyl halides is 12. The van der Waals surface area contributed by atoms with Gasteiger partial charge in [-0.15, -0.1) is 0 Å². The Morgan fingerprint density at radius 1 is 0.466 bits per heavy atom. The molecule has 740 valence electrons. The first-order chi connectivity index (χ1) is 60.7. The van der Waals surface area contributed by atoms with Gasteiger partial charge in [-0.3, -0.25) is 19.2 Å². The van der Waals surface area contributed by atoms with Crippen molar-refractivity contribution < 1.29 is 192 Å². The predicted molar refractivity (Wildman–Crippen MR) is 436 cm³/mol. The minimum Gasteiger partial charge on any atom is -0.743 e. The lowest BCUT2D eigenvalue weighted by Gasteiger charge is -2.40. The van der Waals surface area contributed by atoms with Crippen LogP contribution in [0.2, 0.25) is 0 Å². The van der Waals surface area contributed by atoms with Crippen LogP contribution in [0.15, 0.2) is 108 Å². The molecule has 0 aromatic heterocycles. The lowest BCUT2D eigenvalue weighted by molar-refractivity contribution is -0.160. The zero-order chi connectivity index (χ0) is 97.9. The van der Waals surface area contributed by atoms with Gasteiger partial charge in [0, 0.05) is 63.7 Å². The smallest absolute Gasteiger partial charge is 0.364 e. The Balaban J connectivity index is 0.000000217. The SMILES string of the molecule is C1=CCC2=CC=CCC2=C1.CC(=O)OCCC(F)C(F)(F)S(=O)(=O)[O-].CC(=O)OCCC(F)C(F)(F)S(=O)(=O)[O-].CC1(O)CCCC1.CC1(O)CCCC1.O=C(COC1C2CC3C1OC(=O)C3C2C1(O)CCCC1)OCCC(F)C(F)(F)S(=O)(=O)[O-].O=C(COC1CC(C2(O)CCCC2)C2CC1OC2=O)OCCC(F)C(F)(F)S(=O)(=O)[O-].c1ccc2cc3ccccc3cc2c1. The van der Waals surface area contributed by atoms with Gasteiger partial charge in [0.1, 0.15) is 25.4 Å². The van der Waals surface area contributed by atoms with E-state index >= 15 is 0 Å². The Morgan fingerprint density at radius 2 is 0.802 bits per heavy atom. The van der Waals surface area contributed by atoms with Crippen LogP contribution in [0.5, 0.6) is 0 Å². The van der Waals surface area contributed by atoms with Crippen LogP contribution in [0.4, 0.5) is 52.7 Å². The lowest BCUT2D eigenvalue weighted by atomic mass is 9.68. The Kier molecular flexibility index (Phi) is 39.1. The Morgan fingerprint density at radius 3 is 1.14 bits per heavy atom. The van der Waals surface area contributed by atoms with Gasteiger partial charge in [-0.25, -0.2) is 60.8 Å². The van der Waals surface area contributed by atoms with Gasteiger partial charge in [0.15, 0.2) is 65.2 Å². The molecule has 0 radical (unpaired) electrons. The topological polar surface area (TPSA) is 486 Å². The van der Waals surface area contributed by atoms with E-state index in [-0.39, 0.29) is 46.8 Å². The first kappa shape index (κ1) is 111. The number of esters is 6. The van der Waals surface area contributed by atoms with E-state index in [1.54, 1.807) is 0 Å². The summed E-state index contributed by atoms with van der Waals surface area (Å²) >= 11 is 0. The summed E-state index contributed by atoms with van der Waals surface area (Å²) in [5, 5.41) is 25.4. The summed E-state index contributed by atoms with van der Waals surface area (Å²) in [5.41, 5.74) is 0.392. The van der Waals surface area contributed by atoms with E-state index in [0.29, 0.717) is 44.9 Å². The van der Waals surface area contributed by atoms with Crippen LogP contribution < -0.4 is 0 Å². The standard InChI is InChI=1S/C19H25F3O9S.C18H25F3O9S.C14H10.C10H10.2C6H9F3O5S.2C6H12O/c20-11(19(21,22)32(26,27)28)3-6-29-12(23)8-30-15-10-7-9-13(17(24)31-16(9)15)14(10)18(25)4-1-2-5-18;19-14(18(20,21)31(25,26)27)3-6-28-15(22)9-29-12-8-11(17(24)4-1-2-5-17)10-7-13(12)30-16(10)23;1-2-6-12-10-14-8-4-3-7-13(14)9-11(12)5-1;1-2-6-10-8-4-3-7-9(10)5-1;2*1-4(10)14-3-2-5(7)6(8,9)15(11,12)13;2*1-6(7)4-2-3-5-6/h9-11,13-16,25H,1-8H2,(H,26,27,28);10-14,24H,1-9H2,(H,25,26,27);1-10H;1-5,8H,6-7H2;2*5H,2-3H2,1H3,(H,11,12,13);2*7H,2-5H2,1H3/p-4. The average molecular weight is 1970 g/mol. The third-order valence-electron chi connectivity index (χ3n) is 24.4. The second-order valence-electron chi connectivity index (χ2n) is 34.2. The maximum Gasteiger partial charge on any atom is 0.364 e. The summed E-state index contributed by atoms with van der Waals surface area (Å²) in [6.07, 6.45) is 11.2. The Bertz CT molecular complexity index is 4770. The van der Waals surface area contributed by atoms with E-state index in [0.717, 1.165) is 78.1 Å². The minimum absolute atomic E-state index is 0.105. The van der Waals surface area contributed by atoms with E-state index < -0.39 is 223 Å². The molecule has 9 fully saturated rings. The highest BCUT2D eigenvalue weighted by Crippen LogP contribution is 2.63. The van der Waals surface area contributed by atoms with Gasteiger partial charge < -0.3 is 76.5 Å². The number of halogens is 12. The molecule has 46 heteroatoms. The van der Waals surface area contributed by atoms with Crippen LogP contribution in [0, 0.1) is 35.5 Å². The number of benzene rings is 3. The van der Waals surface area contributed by atoms with Crippen molar-refractivity contribution in [3.63, 3.8) is 0 Å². The number of fused-ring (bicyclic) bond motifs is 6. The number of carbonyl (C=O) groups is 6. The van der Waals surface area contributed by atoms with E-state index in [1.165, 1.54) is 58.4 Å². The Hall–Kier alpha value is -7.48. The summed E-state index contributed by atoms with van der Waals surface area (Å²) < 4.78 is 315. The molecule has 14 unspecified atom stereocenters. The molecule has 2 saturated heterocycles. The lowest BCUT2D eigenvalue weighted by Crippen LogP contribution is -2.49. The highest BCUT2D eigenvalue weighted by atomic mass is 32.2. The molecule has 3 aromatic rings. The van der Waals surface area contributed by atoms with Gasteiger partial charge in [0.25, 0.3) is 0 Å². The van der Waals surface area contributed by atoms with Crippen molar-refractivity contribution in [2.45, 2.75) is 281 Å². The summed E-state index contributed by atoms with van der Waals surface area (Å²) in [5.74, 6) is -6.27. The Labute approximate surface area is 749 Å². The molecule has 7 saturated carbocycles. The monoisotopic (exact) mass is 1960 g/mol. The van der Waals surface area contributed by atoms with Crippen LogP contribution in [-0.2, 0) is 107 Å². The second-order valence-corrected chi connectivity index (χ2v) is 40.0. The average Bonchev–Trinajstić information content (AvgIpc) is 1.53. The number of ether oxygens (including phenoxy) is 8. The quantitative estimate of drug-likeness (QED) is 0.0172. The van der Waals surface area contributed by atoms with Gasteiger partial charge in [-0.2, -0.15) is 35.1 Å². The molecule has 2 heterocycles. The third-order valence-corrected chi connectivity index (χ3v) is 28.1. The highest BCUT2D eigenvalue weighted by molar-refractivity contribution is 7.87. The molecule has 4 bridgehead atoms. The van der Waals surface area contributed by atoms with Crippen molar-refractivity contribution in [3.8, 4) is 0 Å². The highest BCUT2D eigenvalue weighted by Gasteiger charge is 2.71. The fraction of sp³-hybridized carbons (Fsp3) is 0.671. The molecule has 9 aliphatic carbocycles. The number of aliphatic hydroxyl groups is 4. The summed E-state index contributed by atoms with van der Waals surface area (Å²) in [6.45, 7) is 1.30. The van der Waals surface area contributed by atoms with Crippen LogP contribution in [0.1, 0.15) is 188 Å². The fourth-order valence-corrected chi connectivity index (χ4v) is 19.3. The molecule has 11 aliphatic rings. The number of hydrogen-bond donors (Lipinski definition) is 4. The number of carbonyl (C=O) groups excluding carboxylic acids is 6. The van der Waals surface area contributed by atoms with Crippen LogP contribution in [0.25, 0.3) is 21.5 Å². The van der Waals surface area contributed by atoms with Crippen molar-refractivity contribution in [3.05, 3.63) is 108 Å². The fourth-order valence-electron chi connectivity index (χ4n) is 17.6. The molecule has 14 atom stereocenters. The number of hydrogen-bond acceptors (Lipinski definition) is 30. The van der Waals surface area contributed by atoms with Crippen LogP contribution in [0.3, 0.4) is 0 Å². The normalized spacial score (nSPS) is 25.5. The number of rotatable bonds is 28. The molecule has 0 spiro atoms. The van der Waals surface area contributed by atoms with Crippen molar-refractivity contribution in [2.24, 2.45) is 35.5 Å². The van der Waals surface area contributed by atoms with E-state index in [1.807, 2.05) is 13.8 Å².